The van der Waals surface area contributed by atoms with Crippen LogP contribution in [0, 0.1) is 36.8 Å². The molecule has 21 heavy (non-hydrogen) atoms. The van der Waals surface area contributed by atoms with Crippen molar-refractivity contribution in [1.29, 1.82) is 5.26 Å². The number of hydrogen-bond donors (Lipinski definition) is 0. The van der Waals surface area contributed by atoms with Crippen LogP contribution in [0.15, 0.2) is 36.4 Å². The van der Waals surface area contributed by atoms with Gasteiger partial charge in [0.05, 0.1) is 11.6 Å². The van der Waals surface area contributed by atoms with Gasteiger partial charge in [-0.3, -0.25) is 4.79 Å². The summed E-state index contributed by atoms with van der Waals surface area (Å²) in [5, 5.41) is 9.23. The van der Waals surface area contributed by atoms with Gasteiger partial charge in [0.25, 0.3) is 0 Å². The molecule has 0 aliphatic rings. The Hall–Kier alpha value is -2.54. The molecular formula is C17H13F2NO. The lowest BCUT2D eigenvalue weighted by Gasteiger charge is -2.11. The lowest BCUT2D eigenvalue weighted by atomic mass is 9.90. The maximum absolute atomic E-state index is 13.8. The topological polar surface area (TPSA) is 40.9 Å². The number of nitrogens with zero attached hydrogens (tertiary/aromatic N) is 1. The first kappa shape index (κ1) is 14.9. The van der Waals surface area contributed by atoms with Crippen LogP contribution in [0.1, 0.15) is 33.0 Å². The number of ketones is 1. The number of benzene rings is 2. The average Bonchev–Trinajstić information content (AvgIpc) is 2.45. The molecule has 1 atom stereocenters. The second-order valence-corrected chi connectivity index (χ2v) is 4.92. The quantitative estimate of drug-likeness (QED) is 0.797. The number of carbonyl (C=O) groups is 1. The van der Waals surface area contributed by atoms with Crippen molar-refractivity contribution in [2.75, 3.05) is 0 Å². The molecule has 2 aromatic rings. The molecule has 0 radical (unpaired) electrons. The monoisotopic (exact) mass is 285 g/mol. The summed E-state index contributed by atoms with van der Waals surface area (Å²) in [6.45, 7) is 3.33. The predicted molar refractivity (Wildman–Crippen MR) is 75.0 cm³/mol. The fourth-order valence-electron chi connectivity index (χ4n) is 2.05. The summed E-state index contributed by atoms with van der Waals surface area (Å²) < 4.78 is 27.0. The average molecular weight is 285 g/mol. The summed E-state index contributed by atoms with van der Waals surface area (Å²) in [6.07, 6.45) is 0. The molecule has 0 fully saturated rings. The summed E-state index contributed by atoms with van der Waals surface area (Å²) in [7, 11) is 0. The van der Waals surface area contributed by atoms with Crippen molar-refractivity contribution in [3.63, 3.8) is 0 Å². The molecule has 0 bridgehead atoms. The van der Waals surface area contributed by atoms with Crippen molar-refractivity contribution in [1.82, 2.24) is 0 Å². The van der Waals surface area contributed by atoms with Crippen molar-refractivity contribution in [3.8, 4) is 6.07 Å². The molecule has 0 heterocycles. The second kappa shape index (κ2) is 5.84. The molecule has 0 spiro atoms. The molecule has 0 aliphatic heterocycles. The number of carbonyl (C=O) groups excluding carboxylic acids is 1. The minimum Gasteiger partial charge on any atom is -0.292 e. The molecule has 0 N–H and O–H groups in total. The molecule has 2 aromatic carbocycles. The van der Waals surface area contributed by atoms with Crippen LogP contribution in [-0.4, -0.2) is 5.78 Å². The summed E-state index contributed by atoms with van der Waals surface area (Å²) in [5.41, 5.74) is 1.39. The normalized spacial score (nSPS) is 11.8. The summed E-state index contributed by atoms with van der Waals surface area (Å²) in [6, 6.07) is 10.6. The van der Waals surface area contributed by atoms with E-state index in [0.717, 1.165) is 11.6 Å². The number of hydrogen-bond acceptors (Lipinski definition) is 2. The van der Waals surface area contributed by atoms with Crippen LogP contribution >= 0.6 is 0 Å². The van der Waals surface area contributed by atoms with Crippen molar-refractivity contribution in [2.45, 2.75) is 19.8 Å². The van der Waals surface area contributed by atoms with Gasteiger partial charge in [0.2, 0.25) is 0 Å². The maximum atomic E-state index is 13.8. The summed E-state index contributed by atoms with van der Waals surface area (Å²) in [5.74, 6) is -3.43. The third kappa shape index (κ3) is 2.97. The van der Waals surface area contributed by atoms with Gasteiger partial charge in [0.1, 0.15) is 17.6 Å². The first-order chi connectivity index (χ1) is 9.93. The zero-order valence-corrected chi connectivity index (χ0v) is 11.7. The first-order valence-corrected chi connectivity index (χ1v) is 6.40. The van der Waals surface area contributed by atoms with E-state index in [1.54, 1.807) is 24.3 Å². The number of Topliss-reactive ketones (excluding diaryl/α,β-unsaturated/α-hetero) is 1. The standard InChI is InChI=1S/C17H13F2NO/c1-10-3-5-12(6-4-10)14(9-20)17(21)13-7-11(2)15(18)8-16(13)19/h3-8,14H,1-2H3. The molecule has 0 aromatic heterocycles. The van der Waals surface area contributed by atoms with Crippen LogP contribution in [0.3, 0.4) is 0 Å². The fraction of sp³-hybridized carbons (Fsp3) is 0.176. The van der Waals surface area contributed by atoms with E-state index in [1.165, 1.54) is 6.92 Å². The largest absolute Gasteiger partial charge is 0.292 e. The fourth-order valence-corrected chi connectivity index (χ4v) is 2.05. The highest BCUT2D eigenvalue weighted by molar-refractivity contribution is 6.03. The van der Waals surface area contributed by atoms with E-state index in [0.29, 0.717) is 11.6 Å². The number of rotatable bonds is 3. The zero-order chi connectivity index (χ0) is 15.6. The molecule has 106 valence electrons. The van der Waals surface area contributed by atoms with Gasteiger partial charge in [-0.1, -0.05) is 29.8 Å². The minimum atomic E-state index is -1.11. The van der Waals surface area contributed by atoms with E-state index in [-0.39, 0.29) is 11.1 Å². The van der Waals surface area contributed by atoms with Crippen molar-refractivity contribution in [2.24, 2.45) is 0 Å². The third-order valence-corrected chi connectivity index (χ3v) is 3.32. The Morgan fingerprint density at radius 2 is 1.71 bits per heavy atom. The Labute approximate surface area is 121 Å². The van der Waals surface area contributed by atoms with Gasteiger partial charge in [-0.05, 0) is 31.0 Å². The third-order valence-electron chi connectivity index (χ3n) is 3.32. The van der Waals surface area contributed by atoms with Crippen LogP contribution in [0.4, 0.5) is 8.78 Å². The number of aryl methyl sites for hydroxylation is 2. The second-order valence-electron chi connectivity index (χ2n) is 4.92. The van der Waals surface area contributed by atoms with Crippen molar-refractivity contribution < 1.29 is 13.6 Å². The van der Waals surface area contributed by atoms with Gasteiger partial charge in [-0.2, -0.15) is 5.26 Å². The highest BCUT2D eigenvalue weighted by Crippen LogP contribution is 2.24. The lowest BCUT2D eigenvalue weighted by Crippen LogP contribution is -2.13. The van der Waals surface area contributed by atoms with Gasteiger partial charge in [-0.25, -0.2) is 8.78 Å². The van der Waals surface area contributed by atoms with Crippen LogP contribution in [0.25, 0.3) is 0 Å². The number of halogens is 2. The molecule has 1 unspecified atom stereocenters. The lowest BCUT2D eigenvalue weighted by molar-refractivity contribution is 0.0974. The van der Waals surface area contributed by atoms with E-state index in [9.17, 15) is 18.8 Å². The van der Waals surface area contributed by atoms with Crippen LogP contribution < -0.4 is 0 Å². The van der Waals surface area contributed by atoms with E-state index in [2.05, 4.69) is 0 Å². The molecule has 0 aliphatic carbocycles. The predicted octanol–water partition coefficient (Wildman–Crippen LogP) is 4.07. The first-order valence-electron chi connectivity index (χ1n) is 6.40. The Bertz CT molecular complexity index is 730. The van der Waals surface area contributed by atoms with Crippen LogP contribution in [0.5, 0.6) is 0 Å². The molecular weight excluding hydrogens is 272 g/mol. The Balaban J connectivity index is 2.44. The van der Waals surface area contributed by atoms with Gasteiger partial charge in [0.15, 0.2) is 5.78 Å². The van der Waals surface area contributed by atoms with Gasteiger partial charge >= 0.3 is 0 Å². The Morgan fingerprint density at radius 1 is 1.10 bits per heavy atom. The summed E-state index contributed by atoms with van der Waals surface area (Å²) in [4.78, 5) is 12.4. The number of nitriles is 1. The van der Waals surface area contributed by atoms with Gasteiger partial charge < -0.3 is 0 Å². The van der Waals surface area contributed by atoms with Crippen LogP contribution in [0.2, 0.25) is 0 Å². The van der Waals surface area contributed by atoms with E-state index in [4.69, 9.17) is 0 Å². The zero-order valence-electron chi connectivity index (χ0n) is 11.7. The van der Waals surface area contributed by atoms with E-state index in [1.807, 2.05) is 13.0 Å². The SMILES string of the molecule is Cc1ccc(C(C#N)C(=O)c2cc(C)c(F)cc2F)cc1. The molecule has 4 heteroatoms. The van der Waals surface area contributed by atoms with Gasteiger partial charge in [0, 0.05) is 6.07 Å². The Kier molecular flexibility index (Phi) is 4.13. The maximum Gasteiger partial charge on any atom is 0.187 e. The van der Waals surface area contributed by atoms with Gasteiger partial charge in [-0.15, -0.1) is 0 Å². The highest BCUT2D eigenvalue weighted by Gasteiger charge is 2.25. The summed E-state index contributed by atoms with van der Waals surface area (Å²) >= 11 is 0. The Morgan fingerprint density at radius 3 is 2.29 bits per heavy atom. The smallest absolute Gasteiger partial charge is 0.187 e. The molecule has 0 saturated heterocycles. The van der Waals surface area contributed by atoms with Crippen molar-refractivity contribution in [3.05, 3.63) is 70.3 Å². The molecule has 2 nitrogen and oxygen atoms in total. The van der Waals surface area contributed by atoms with Crippen molar-refractivity contribution >= 4 is 5.78 Å². The van der Waals surface area contributed by atoms with Crippen LogP contribution in [-0.2, 0) is 0 Å². The molecule has 2 rings (SSSR count). The molecule has 0 saturated carbocycles. The van der Waals surface area contributed by atoms with E-state index < -0.39 is 23.3 Å². The van der Waals surface area contributed by atoms with E-state index >= 15 is 0 Å². The highest BCUT2D eigenvalue weighted by atomic mass is 19.1. The minimum absolute atomic E-state index is 0.167. The molecule has 0 amide bonds.